The van der Waals surface area contributed by atoms with Crippen LogP contribution in [0.1, 0.15) is 16.1 Å². The number of amides is 1. The lowest BCUT2D eigenvalue weighted by Gasteiger charge is -2.09. The van der Waals surface area contributed by atoms with E-state index in [0.29, 0.717) is 35.8 Å². The van der Waals surface area contributed by atoms with Crippen LogP contribution in [0, 0.1) is 0 Å². The van der Waals surface area contributed by atoms with Crippen LogP contribution >= 0.6 is 0 Å². The van der Waals surface area contributed by atoms with Crippen LogP contribution in [-0.4, -0.2) is 36.1 Å². The molecule has 0 bridgehead atoms. The van der Waals surface area contributed by atoms with E-state index in [9.17, 15) is 4.79 Å². The molecule has 0 spiro atoms. The number of benzene rings is 3. The van der Waals surface area contributed by atoms with Gasteiger partial charge in [0.1, 0.15) is 22.8 Å². The lowest BCUT2D eigenvalue weighted by atomic mass is 10.1. The molecule has 186 valence electrons. The van der Waals surface area contributed by atoms with E-state index in [1.165, 1.54) is 0 Å². The van der Waals surface area contributed by atoms with Crippen LogP contribution in [-0.2, 0) is 6.42 Å². The predicted molar refractivity (Wildman–Crippen MR) is 143 cm³/mol. The number of nitrogens with zero attached hydrogens (tertiary/aromatic N) is 2. The van der Waals surface area contributed by atoms with Gasteiger partial charge in [0.2, 0.25) is 0 Å². The zero-order valence-corrected chi connectivity index (χ0v) is 20.7. The number of ether oxygens (including phenoxy) is 3. The predicted octanol–water partition coefficient (Wildman–Crippen LogP) is 5.78. The minimum absolute atomic E-state index is 0.215. The van der Waals surface area contributed by atoms with E-state index in [4.69, 9.17) is 14.2 Å². The summed E-state index contributed by atoms with van der Waals surface area (Å²) in [4.78, 5) is 17.2. The summed E-state index contributed by atoms with van der Waals surface area (Å²) < 4.78 is 18.4. The smallest absolute Gasteiger partial charge is 0.271 e. The van der Waals surface area contributed by atoms with E-state index in [1.807, 2.05) is 95.5 Å². The van der Waals surface area contributed by atoms with Crippen LogP contribution in [0.4, 0.5) is 0 Å². The van der Waals surface area contributed by atoms with E-state index < -0.39 is 0 Å². The maximum atomic E-state index is 12.7. The van der Waals surface area contributed by atoms with Crippen LogP contribution in [0.2, 0.25) is 0 Å². The van der Waals surface area contributed by atoms with Crippen molar-refractivity contribution in [3.8, 4) is 34.1 Å². The summed E-state index contributed by atoms with van der Waals surface area (Å²) >= 11 is 0. The van der Waals surface area contributed by atoms with Crippen LogP contribution in [0.15, 0.2) is 97.3 Å². The van der Waals surface area contributed by atoms with Crippen molar-refractivity contribution in [2.75, 3.05) is 20.8 Å². The number of carbonyl (C=O) groups excluding carboxylic acids is 1. The van der Waals surface area contributed by atoms with Crippen LogP contribution in [0.25, 0.3) is 16.8 Å². The Kier molecular flexibility index (Phi) is 7.03. The molecule has 0 radical (unpaired) electrons. The Balaban J connectivity index is 1.23. The second-order valence-corrected chi connectivity index (χ2v) is 8.44. The van der Waals surface area contributed by atoms with Gasteiger partial charge in [-0.2, -0.15) is 0 Å². The molecule has 2 aromatic heterocycles. The highest BCUT2D eigenvalue weighted by atomic mass is 16.5. The number of carbonyl (C=O) groups is 1. The van der Waals surface area contributed by atoms with Gasteiger partial charge < -0.3 is 23.9 Å². The second kappa shape index (κ2) is 10.9. The highest BCUT2D eigenvalue weighted by Gasteiger charge is 2.12. The summed E-state index contributed by atoms with van der Waals surface area (Å²) in [5.41, 5.74) is 4.17. The van der Waals surface area contributed by atoms with Gasteiger partial charge in [0, 0.05) is 18.9 Å². The first-order valence-corrected chi connectivity index (χ1v) is 11.9. The first-order valence-electron chi connectivity index (χ1n) is 11.9. The van der Waals surface area contributed by atoms with Crippen LogP contribution in [0.3, 0.4) is 0 Å². The molecule has 7 heteroatoms. The molecule has 1 N–H and O–H groups in total. The molecule has 0 unspecified atom stereocenters. The third kappa shape index (κ3) is 5.56. The van der Waals surface area contributed by atoms with Gasteiger partial charge in [-0.15, -0.1) is 0 Å². The van der Waals surface area contributed by atoms with E-state index >= 15 is 0 Å². The van der Waals surface area contributed by atoms with E-state index in [1.54, 1.807) is 20.4 Å². The van der Waals surface area contributed by atoms with Crippen molar-refractivity contribution < 1.29 is 19.0 Å². The van der Waals surface area contributed by atoms with Gasteiger partial charge in [0.15, 0.2) is 11.5 Å². The SMILES string of the molecule is COc1ccc(CCNC(=O)c2cn3cc(-c4ccc(Oc5ccccc5)cc4)ccc3n2)cc1OC. The van der Waals surface area contributed by atoms with E-state index in [-0.39, 0.29) is 5.91 Å². The molecule has 7 nitrogen and oxygen atoms in total. The highest BCUT2D eigenvalue weighted by molar-refractivity contribution is 5.92. The number of aromatic nitrogens is 2. The summed E-state index contributed by atoms with van der Waals surface area (Å²) in [6.07, 6.45) is 4.38. The number of methoxy groups -OCH3 is 2. The van der Waals surface area contributed by atoms with Crippen LogP contribution in [0.5, 0.6) is 23.0 Å². The Morgan fingerprint density at radius 2 is 1.54 bits per heavy atom. The summed E-state index contributed by atoms with van der Waals surface area (Å²) in [6.45, 7) is 0.477. The molecular weight excluding hydrogens is 466 g/mol. The zero-order valence-electron chi connectivity index (χ0n) is 20.7. The zero-order chi connectivity index (χ0) is 25.6. The molecule has 0 aliphatic heterocycles. The Labute approximate surface area is 215 Å². The topological polar surface area (TPSA) is 74.1 Å². The number of para-hydroxylation sites is 1. The minimum Gasteiger partial charge on any atom is -0.493 e. The molecule has 2 heterocycles. The molecule has 0 aliphatic carbocycles. The van der Waals surface area contributed by atoms with Crippen molar-refractivity contribution in [3.05, 3.63) is 109 Å². The lowest BCUT2D eigenvalue weighted by Crippen LogP contribution is -2.26. The third-order valence-corrected chi connectivity index (χ3v) is 6.00. The average Bonchev–Trinajstić information content (AvgIpc) is 3.38. The standard InChI is InChI=1S/C30H27N3O4/c1-35-27-14-8-21(18-28(27)36-2)16-17-31-30(34)26-20-33-19-23(11-15-29(33)32-26)22-9-12-25(13-10-22)37-24-6-4-3-5-7-24/h3-15,18-20H,16-17H2,1-2H3,(H,31,34). The molecule has 3 aromatic carbocycles. The molecule has 0 saturated carbocycles. The molecule has 1 amide bonds. The lowest BCUT2D eigenvalue weighted by molar-refractivity contribution is 0.0949. The normalized spacial score (nSPS) is 10.8. The molecule has 5 aromatic rings. The first kappa shape index (κ1) is 23.9. The van der Waals surface area contributed by atoms with Gasteiger partial charge in [0.25, 0.3) is 5.91 Å². The molecule has 5 rings (SSSR count). The largest absolute Gasteiger partial charge is 0.493 e. The summed E-state index contributed by atoms with van der Waals surface area (Å²) in [5.74, 6) is 2.69. The Hall–Kier alpha value is -4.78. The Morgan fingerprint density at radius 3 is 2.30 bits per heavy atom. The van der Waals surface area contributed by atoms with Gasteiger partial charge in [-0.25, -0.2) is 4.98 Å². The number of hydrogen-bond acceptors (Lipinski definition) is 5. The third-order valence-electron chi connectivity index (χ3n) is 6.00. The second-order valence-electron chi connectivity index (χ2n) is 8.44. The van der Waals surface area contributed by atoms with Crippen molar-refractivity contribution in [1.82, 2.24) is 14.7 Å². The maximum Gasteiger partial charge on any atom is 0.271 e. The minimum atomic E-state index is -0.215. The van der Waals surface area contributed by atoms with E-state index in [2.05, 4.69) is 10.3 Å². The molecule has 0 fully saturated rings. The van der Waals surface area contributed by atoms with Gasteiger partial charge >= 0.3 is 0 Å². The number of rotatable bonds is 9. The average molecular weight is 494 g/mol. The van der Waals surface area contributed by atoms with Gasteiger partial charge in [-0.1, -0.05) is 36.4 Å². The van der Waals surface area contributed by atoms with Crippen molar-refractivity contribution in [3.63, 3.8) is 0 Å². The Bertz CT molecular complexity index is 1510. The quantitative estimate of drug-likeness (QED) is 0.282. The van der Waals surface area contributed by atoms with Crippen LogP contribution < -0.4 is 19.5 Å². The molecule has 0 saturated heterocycles. The maximum absolute atomic E-state index is 12.7. The molecular formula is C30H27N3O4. The summed E-state index contributed by atoms with van der Waals surface area (Å²) in [7, 11) is 3.21. The fraction of sp³-hybridized carbons (Fsp3) is 0.133. The monoisotopic (exact) mass is 493 g/mol. The van der Waals surface area contributed by atoms with Crippen molar-refractivity contribution >= 4 is 11.6 Å². The Morgan fingerprint density at radius 1 is 0.811 bits per heavy atom. The van der Waals surface area contributed by atoms with Gasteiger partial charge in [0.05, 0.1) is 14.2 Å². The molecule has 37 heavy (non-hydrogen) atoms. The summed E-state index contributed by atoms with van der Waals surface area (Å²) in [6, 6.07) is 27.2. The van der Waals surface area contributed by atoms with Crippen molar-refractivity contribution in [2.45, 2.75) is 6.42 Å². The fourth-order valence-corrected chi connectivity index (χ4v) is 4.06. The van der Waals surface area contributed by atoms with Crippen molar-refractivity contribution in [1.29, 1.82) is 0 Å². The number of hydrogen-bond donors (Lipinski definition) is 1. The number of imidazole rings is 1. The molecule has 0 aliphatic rings. The summed E-state index contributed by atoms with van der Waals surface area (Å²) in [5, 5.41) is 2.95. The van der Waals surface area contributed by atoms with Gasteiger partial charge in [-0.3, -0.25) is 4.79 Å². The number of pyridine rings is 1. The fourth-order valence-electron chi connectivity index (χ4n) is 4.06. The number of fused-ring (bicyclic) bond motifs is 1. The molecule has 0 atom stereocenters. The highest BCUT2D eigenvalue weighted by Crippen LogP contribution is 2.28. The number of nitrogens with one attached hydrogen (secondary N) is 1. The van der Waals surface area contributed by atoms with Gasteiger partial charge in [-0.05, 0) is 71.6 Å². The van der Waals surface area contributed by atoms with E-state index in [0.717, 1.165) is 28.2 Å². The first-order chi connectivity index (χ1) is 18.1. The van der Waals surface area contributed by atoms with Crippen molar-refractivity contribution in [2.24, 2.45) is 0 Å².